The minimum Gasteiger partial charge on any atom is -0.333 e. The minimum atomic E-state index is -0.238. The molecule has 2 amide bonds. The van der Waals surface area contributed by atoms with Crippen LogP contribution < -0.4 is 5.32 Å². The Morgan fingerprint density at radius 3 is 2.70 bits per heavy atom. The van der Waals surface area contributed by atoms with Gasteiger partial charge < -0.3 is 10.2 Å². The highest BCUT2D eigenvalue weighted by atomic mass is 16.2. The maximum Gasteiger partial charge on any atom is 0.318 e. The molecule has 0 aliphatic carbocycles. The number of hydrogen-bond donors (Lipinski definition) is 1. The zero-order valence-electron chi connectivity index (χ0n) is 14.2. The zero-order valence-corrected chi connectivity index (χ0v) is 14.2. The fraction of sp³-hybridized carbons (Fsp3) is 0.444. The molecule has 0 saturated heterocycles. The van der Waals surface area contributed by atoms with Gasteiger partial charge in [0.1, 0.15) is 0 Å². The van der Waals surface area contributed by atoms with Gasteiger partial charge in [-0.15, -0.1) is 0 Å². The quantitative estimate of drug-likeness (QED) is 0.880. The van der Waals surface area contributed by atoms with Crippen LogP contribution in [0.3, 0.4) is 0 Å². The molecule has 1 aliphatic heterocycles. The number of urea groups is 1. The van der Waals surface area contributed by atoms with Crippen LogP contribution >= 0.6 is 0 Å². The maximum atomic E-state index is 12.6. The third kappa shape index (κ3) is 3.38. The Labute approximate surface area is 137 Å². The summed E-state index contributed by atoms with van der Waals surface area (Å²) in [6, 6.07) is 8.35. The largest absolute Gasteiger partial charge is 0.333 e. The molecule has 5 heteroatoms. The van der Waals surface area contributed by atoms with E-state index in [1.165, 1.54) is 11.1 Å². The van der Waals surface area contributed by atoms with E-state index in [1.54, 1.807) is 0 Å². The molecule has 0 radical (unpaired) electrons. The normalized spacial score (nSPS) is 17.7. The van der Waals surface area contributed by atoms with Crippen molar-refractivity contribution in [2.24, 2.45) is 7.05 Å². The summed E-state index contributed by atoms with van der Waals surface area (Å²) in [5, 5.41) is 7.35. The van der Waals surface area contributed by atoms with Crippen molar-refractivity contribution in [2.75, 3.05) is 6.54 Å². The van der Waals surface area contributed by atoms with Crippen LogP contribution in [0.25, 0.3) is 0 Å². The third-order valence-corrected chi connectivity index (χ3v) is 4.09. The van der Waals surface area contributed by atoms with Crippen molar-refractivity contribution in [2.45, 2.75) is 38.8 Å². The van der Waals surface area contributed by atoms with Gasteiger partial charge in [0.15, 0.2) is 0 Å². The Morgan fingerprint density at radius 1 is 1.30 bits per heavy atom. The molecular formula is C18H24N4O. The standard InChI is InChI=1S/C18H24N4O/c1-18(2,3)20-17(23)22-11-13-7-5-6-8-15(13)16(12-22)14-9-19-21(4)10-14/h5-10,16H,11-12H2,1-4H3,(H,20,23). The molecule has 1 N–H and O–H groups in total. The van der Waals surface area contributed by atoms with Gasteiger partial charge >= 0.3 is 6.03 Å². The third-order valence-electron chi connectivity index (χ3n) is 4.09. The van der Waals surface area contributed by atoms with Gasteiger partial charge in [-0.2, -0.15) is 5.10 Å². The van der Waals surface area contributed by atoms with Crippen LogP contribution in [-0.4, -0.2) is 32.8 Å². The summed E-state index contributed by atoms with van der Waals surface area (Å²) in [5.74, 6) is 0.166. The second-order valence-electron chi connectivity index (χ2n) is 7.26. The monoisotopic (exact) mass is 312 g/mol. The number of benzene rings is 1. The number of carbonyl (C=O) groups excluding carboxylic acids is 1. The Hall–Kier alpha value is -2.30. The summed E-state index contributed by atoms with van der Waals surface area (Å²) < 4.78 is 1.81. The molecule has 1 unspecified atom stereocenters. The van der Waals surface area contributed by atoms with E-state index in [4.69, 9.17) is 0 Å². The van der Waals surface area contributed by atoms with Gasteiger partial charge in [-0.1, -0.05) is 24.3 Å². The second-order valence-corrected chi connectivity index (χ2v) is 7.26. The first kappa shape index (κ1) is 15.6. The van der Waals surface area contributed by atoms with Crippen molar-refractivity contribution in [3.8, 4) is 0 Å². The highest BCUT2D eigenvalue weighted by Crippen LogP contribution is 2.33. The number of hydrogen-bond acceptors (Lipinski definition) is 2. The molecule has 1 aliphatic rings. The fourth-order valence-corrected chi connectivity index (χ4v) is 3.07. The number of amides is 2. The fourth-order valence-electron chi connectivity index (χ4n) is 3.07. The number of nitrogens with one attached hydrogen (secondary N) is 1. The summed E-state index contributed by atoms with van der Waals surface area (Å²) in [6.07, 6.45) is 3.93. The van der Waals surface area contributed by atoms with E-state index < -0.39 is 0 Å². The first-order valence-corrected chi connectivity index (χ1v) is 7.97. The lowest BCUT2D eigenvalue weighted by Crippen LogP contribution is -2.50. The lowest BCUT2D eigenvalue weighted by molar-refractivity contribution is 0.180. The minimum absolute atomic E-state index is 0.0131. The van der Waals surface area contributed by atoms with E-state index in [2.05, 4.69) is 28.6 Å². The van der Waals surface area contributed by atoms with Gasteiger partial charge in [0.05, 0.1) is 6.20 Å². The molecule has 5 nitrogen and oxygen atoms in total. The van der Waals surface area contributed by atoms with Crippen LogP contribution in [0.5, 0.6) is 0 Å². The number of carbonyl (C=O) groups is 1. The summed E-state index contributed by atoms with van der Waals surface area (Å²) in [6.45, 7) is 7.32. The van der Waals surface area contributed by atoms with Crippen molar-refractivity contribution >= 4 is 6.03 Å². The number of fused-ring (bicyclic) bond motifs is 1. The molecule has 1 aromatic heterocycles. The van der Waals surface area contributed by atoms with Crippen molar-refractivity contribution in [1.82, 2.24) is 20.0 Å². The molecule has 3 rings (SSSR count). The Kier molecular flexibility index (Phi) is 3.88. The SMILES string of the molecule is Cn1cc(C2CN(C(=O)NC(C)(C)C)Cc3ccccc32)cn1. The molecule has 122 valence electrons. The van der Waals surface area contributed by atoms with E-state index in [1.807, 2.05) is 55.9 Å². The van der Waals surface area contributed by atoms with Gasteiger partial charge in [-0.05, 0) is 37.5 Å². The Bertz CT molecular complexity index is 714. The number of nitrogens with zero attached hydrogens (tertiary/aromatic N) is 3. The molecule has 1 atom stereocenters. The van der Waals surface area contributed by atoms with Crippen LogP contribution in [0.4, 0.5) is 4.79 Å². The molecule has 1 aromatic carbocycles. The average Bonchev–Trinajstić information content (AvgIpc) is 2.90. The van der Waals surface area contributed by atoms with E-state index in [0.717, 1.165) is 5.56 Å². The topological polar surface area (TPSA) is 50.2 Å². The van der Waals surface area contributed by atoms with Crippen LogP contribution in [0.2, 0.25) is 0 Å². The van der Waals surface area contributed by atoms with E-state index in [0.29, 0.717) is 13.1 Å². The lowest BCUT2D eigenvalue weighted by atomic mass is 9.86. The lowest BCUT2D eigenvalue weighted by Gasteiger charge is -2.36. The van der Waals surface area contributed by atoms with Crippen LogP contribution in [0.15, 0.2) is 36.7 Å². The van der Waals surface area contributed by atoms with Crippen molar-refractivity contribution < 1.29 is 4.79 Å². The van der Waals surface area contributed by atoms with Crippen molar-refractivity contribution in [3.63, 3.8) is 0 Å². The second kappa shape index (κ2) is 5.72. The predicted octanol–water partition coefficient (Wildman–Crippen LogP) is 2.88. The predicted molar refractivity (Wildman–Crippen MR) is 90.2 cm³/mol. The van der Waals surface area contributed by atoms with Gasteiger partial charge in [0.2, 0.25) is 0 Å². The molecule has 2 aromatic rings. The van der Waals surface area contributed by atoms with Crippen molar-refractivity contribution in [1.29, 1.82) is 0 Å². The molecule has 0 saturated carbocycles. The van der Waals surface area contributed by atoms with Crippen molar-refractivity contribution in [3.05, 3.63) is 53.3 Å². The smallest absolute Gasteiger partial charge is 0.318 e. The molecule has 0 spiro atoms. The summed E-state index contributed by atoms with van der Waals surface area (Å²) in [4.78, 5) is 14.5. The summed E-state index contributed by atoms with van der Waals surface area (Å²) in [5.41, 5.74) is 3.41. The first-order valence-electron chi connectivity index (χ1n) is 7.97. The zero-order chi connectivity index (χ0) is 16.6. The van der Waals surface area contributed by atoms with Crippen LogP contribution in [0.1, 0.15) is 43.4 Å². The molecule has 23 heavy (non-hydrogen) atoms. The van der Waals surface area contributed by atoms with Gasteiger partial charge in [0, 0.05) is 37.8 Å². The van der Waals surface area contributed by atoms with Gasteiger partial charge in [-0.3, -0.25) is 4.68 Å². The molecule has 0 bridgehead atoms. The maximum absolute atomic E-state index is 12.6. The van der Waals surface area contributed by atoms with Crippen LogP contribution in [-0.2, 0) is 13.6 Å². The molecule has 2 heterocycles. The highest BCUT2D eigenvalue weighted by Gasteiger charge is 2.30. The van der Waals surface area contributed by atoms with Gasteiger partial charge in [-0.25, -0.2) is 4.79 Å². The number of aromatic nitrogens is 2. The average molecular weight is 312 g/mol. The summed E-state index contributed by atoms with van der Waals surface area (Å²) in [7, 11) is 1.92. The Morgan fingerprint density at radius 2 is 2.04 bits per heavy atom. The number of aryl methyl sites for hydroxylation is 1. The van der Waals surface area contributed by atoms with E-state index in [-0.39, 0.29) is 17.5 Å². The molecule has 0 fully saturated rings. The Balaban J connectivity index is 1.92. The summed E-state index contributed by atoms with van der Waals surface area (Å²) >= 11 is 0. The highest BCUT2D eigenvalue weighted by molar-refractivity contribution is 5.75. The van der Waals surface area contributed by atoms with Crippen LogP contribution in [0, 0.1) is 0 Å². The van der Waals surface area contributed by atoms with E-state index in [9.17, 15) is 4.79 Å². The molecular weight excluding hydrogens is 288 g/mol. The first-order chi connectivity index (χ1) is 10.8. The number of rotatable bonds is 1. The van der Waals surface area contributed by atoms with Gasteiger partial charge in [0.25, 0.3) is 0 Å². The van der Waals surface area contributed by atoms with E-state index >= 15 is 0 Å².